The summed E-state index contributed by atoms with van der Waals surface area (Å²) in [6.07, 6.45) is 15.8. The van der Waals surface area contributed by atoms with Crippen molar-refractivity contribution in [2.24, 2.45) is 0 Å². The molecule has 0 amide bonds. The van der Waals surface area contributed by atoms with E-state index in [1.54, 1.807) is 0 Å². The fourth-order valence-corrected chi connectivity index (χ4v) is 3.38. The summed E-state index contributed by atoms with van der Waals surface area (Å²) in [6.45, 7) is 14.8. The maximum atomic E-state index is 2.37. The number of nitrogens with zero attached hydrogens (tertiary/aromatic N) is 1. The van der Waals surface area contributed by atoms with E-state index in [9.17, 15) is 0 Å². The minimum Gasteiger partial charge on any atom is -1.00 e. The first-order valence-corrected chi connectivity index (χ1v) is 9.59. The molecule has 2 heteroatoms. The topological polar surface area (TPSA) is 0 Å². The molecule has 0 spiro atoms. The van der Waals surface area contributed by atoms with E-state index in [0.29, 0.717) is 0 Å². The summed E-state index contributed by atoms with van der Waals surface area (Å²) in [6, 6.07) is 0. The van der Waals surface area contributed by atoms with Gasteiger partial charge in [0.1, 0.15) is 0 Å². The van der Waals surface area contributed by atoms with E-state index in [1.165, 1.54) is 101 Å². The predicted molar refractivity (Wildman–Crippen MR) is 93.2 cm³/mol. The molecule has 0 aromatic heterocycles. The van der Waals surface area contributed by atoms with E-state index < -0.39 is 0 Å². The molecule has 0 N–H and O–H groups in total. The fraction of sp³-hybridized carbons (Fsp3) is 1.00. The first-order chi connectivity index (χ1) is 9.74. The van der Waals surface area contributed by atoms with E-state index >= 15 is 0 Å². The molecular formula is C19H42ClN. The molecule has 21 heavy (non-hydrogen) atoms. The van der Waals surface area contributed by atoms with Gasteiger partial charge in [0.05, 0.1) is 26.2 Å². The normalized spacial score (nSPS) is 11.4. The van der Waals surface area contributed by atoms with Crippen LogP contribution < -0.4 is 12.4 Å². The van der Waals surface area contributed by atoms with Gasteiger partial charge in [-0.05, 0) is 33.1 Å². The molecule has 0 fully saturated rings. The number of unbranched alkanes of at least 4 members (excludes halogenated alkanes) is 9. The lowest BCUT2D eigenvalue weighted by molar-refractivity contribution is -0.925. The van der Waals surface area contributed by atoms with Crippen LogP contribution in [0.1, 0.15) is 98.3 Å². The molecule has 0 saturated heterocycles. The van der Waals surface area contributed by atoms with Crippen molar-refractivity contribution in [2.45, 2.75) is 98.3 Å². The highest BCUT2D eigenvalue weighted by Crippen LogP contribution is 2.14. The van der Waals surface area contributed by atoms with Crippen LogP contribution in [-0.4, -0.2) is 30.7 Å². The average Bonchev–Trinajstić information content (AvgIpc) is 2.48. The van der Waals surface area contributed by atoms with Gasteiger partial charge in [-0.2, -0.15) is 0 Å². The molecule has 0 aliphatic heterocycles. The SMILES string of the molecule is CCCCCCCCCCCC[N+](CC)(CC)CCC.[Cl-]. The Labute approximate surface area is 141 Å². The zero-order chi connectivity index (χ0) is 15.1. The molecule has 0 unspecified atom stereocenters. The van der Waals surface area contributed by atoms with Crippen LogP contribution in [0.15, 0.2) is 0 Å². The van der Waals surface area contributed by atoms with Crippen LogP contribution in [-0.2, 0) is 0 Å². The van der Waals surface area contributed by atoms with E-state index in [0.717, 1.165) is 0 Å². The first kappa shape index (κ1) is 23.5. The minimum atomic E-state index is 0. The molecule has 0 rings (SSSR count). The second-order valence-corrected chi connectivity index (χ2v) is 6.60. The quantitative estimate of drug-likeness (QED) is 0.321. The maximum Gasteiger partial charge on any atom is 0.0786 e. The second kappa shape index (κ2) is 16.6. The van der Waals surface area contributed by atoms with Crippen molar-refractivity contribution in [2.75, 3.05) is 26.2 Å². The van der Waals surface area contributed by atoms with Gasteiger partial charge in [0.2, 0.25) is 0 Å². The molecule has 0 heterocycles. The van der Waals surface area contributed by atoms with Gasteiger partial charge in [-0.3, -0.25) is 0 Å². The van der Waals surface area contributed by atoms with E-state index in [4.69, 9.17) is 0 Å². The second-order valence-electron chi connectivity index (χ2n) is 6.60. The molecule has 0 saturated carbocycles. The van der Waals surface area contributed by atoms with E-state index in [-0.39, 0.29) is 12.4 Å². The van der Waals surface area contributed by atoms with Crippen LogP contribution in [0.25, 0.3) is 0 Å². The van der Waals surface area contributed by atoms with Gasteiger partial charge < -0.3 is 16.9 Å². The van der Waals surface area contributed by atoms with Crippen molar-refractivity contribution in [1.82, 2.24) is 0 Å². The van der Waals surface area contributed by atoms with Gasteiger partial charge in [-0.15, -0.1) is 0 Å². The van der Waals surface area contributed by atoms with E-state index in [2.05, 4.69) is 27.7 Å². The number of halogens is 1. The third-order valence-corrected chi connectivity index (χ3v) is 5.03. The number of rotatable bonds is 15. The molecule has 0 radical (unpaired) electrons. The smallest absolute Gasteiger partial charge is 0.0786 e. The zero-order valence-corrected chi connectivity index (χ0v) is 16.2. The summed E-state index contributed by atoms with van der Waals surface area (Å²) in [5.41, 5.74) is 0. The standard InChI is InChI=1S/C19H42N.ClH/c1-5-9-10-11-12-13-14-15-16-17-19-20(7-3,8-4)18-6-2;/h5-19H2,1-4H3;1H/q+1;/p-1. The lowest BCUT2D eigenvalue weighted by Gasteiger charge is -2.36. The molecule has 0 aromatic carbocycles. The van der Waals surface area contributed by atoms with Crippen LogP contribution in [0.3, 0.4) is 0 Å². The summed E-state index contributed by atoms with van der Waals surface area (Å²) >= 11 is 0. The monoisotopic (exact) mass is 319 g/mol. The number of quaternary nitrogens is 1. The lowest BCUT2D eigenvalue weighted by atomic mass is 10.1. The fourth-order valence-electron chi connectivity index (χ4n) is 3.38. The summed E-state index contributed by atoms with van der Waals surface area (Å²) < 4.78 is 1.35. The highest BCUT2D eigenvalue weighted by Gasteiger charge is 2.20. The van der Waals surface area contributed by atoms with Gasteiger partial charge in [0.15, 0.2) is 0 Å². The van der Waals surface area contributed by atoms with Crippen molar-refractivity contribution in [1.29, 1.82) is 0 Å². The van der Waals surface area contributed by atoms with Crippen molar-refractivity contribution in [3.63, 3.8) is 0 Å². The molecule has 0 atom stereocenters. The van der Waals surface area contributed by atoms with Crippen molar-refractivity contribution >= 4 is 0 Å². The third kappa shape index (κ3) is 12.5. The molecule has 0 aliphatic rings. The van der Waals surface area contributed by atoms with Crippen LogP contribution in [0.5, 0.6) is 0 Å². The summed E-state index contributed by atoms with van der Waals surface area (Å²) in [5, 5.41) is 0. The van der Waals surface area contributed by atoms with Crippen LogP contribution >= 0.6 is 0 Å². The number of hydrogen-bond acceptors (Lipinski definition) is 0. The van der Waals surface area contributed by atoms with E-state index in [1.807, 2.05) is 0 Å². The first-order valence-electron chi connectivity index (χ1n) is 9.59. The van der Waals surface area contributed by atoms with Gasteiger partial charge in [-0.1, -0.05) is 65.2 Å². The summed E-state index contributed by atoms with van der Waals surface area (Å²) in [5.74, 6) is 0. The Balaban J connectivity index is 0. The van der Waals surface area contributed by atoms with Crippen molar-refractivity contribution in [3.8, 4) is 0 Å². The van der Waals surface area contributed by atoms with Crippen molar-refractivity contribution < 1.29 is 16.9 Å². The predicted octanol–water partition coefficient (Wildman–Crippen LogP) is 3.18. The Kier molecular flexibility index (Phi) is 18.6. The molecule has 1 nitrogen and oxygen atoms in total. The maximum absolute atomic E-state index is 2.37. The molecule has 130 valence electrons. The highest BCUT2D eigenvalue weighted by atomic mass is 35.5. The molecular weight excluding hydrogens is 278 g/mol. The Morgan fingerprint density at radius 1 is 0.476 bits per heavy atom. The Bertz CT molecular complexity index is 190. The highest BCUT2D eigenvalue weighted by molar-refractivity contribution is 4.49. The lowest BCUT2D eigenvalue weighted by Crippen LogP contribution is -3.00. The Morgan fingerprint density at radius 3 is 1.29 bits per heavy atom. The van der Waals surface area contributed by atoms with Gasteiger partial charge in [0.25, 0.3) is 0 Å². The van der Waals surface area contributed by atoms with Crippen LogP contribution in [0.2, 0.25) is 0 Å². The van der Waals surface area contributed by atoms with Crippen LogP contribution in [0, 0.1) is 0 Å². The third-order valence-electron chi connectivity index (χ3n) is 5.03. The zero-order valence-electron chi connectivity index (χ0n) is 15.4. The minimum absolute atomic E-state index is 0. The Morgan fingerprint density at radius 2 is 0.905 bits per heavy atom. The molecule has 0 aliphatic carbocycles. The van der Waals surface area contributed by atoms with Crippen LogP contribution in [0.4, 0.5) is 0 Å². The molecule has 0 aromatic rings. The van der Waals surface area contributed by atoms with Gasteiger partial charge in [0, 0.05) is 0 Å². The Hall–Kier alpha value is 0.250. The largest absolute Gasteiger partial charge is 1.00 e. The summed E-state index contributed by atoms with van der Waals surface area (Å²) in [7, 11) is 0. The average molecular weight is 320 g/mol. The molecule has 0 bridgehead atoms. The van der Waals surface area contributed by atoms with Gasteiger partial charge in [-0.25, -0.2) is 0 Å². The number of hydrogen-bond donors (Lipinski definition) is 0. The van der Waals surface area contributed by atoms with Crippen molar-refractivity contribution in [3.05, 3.63) is 0 Å². The van der Waals surface area contributed by atoms with Gasteiger partial charge >= 0.3 is 0 Å². The summed E-state index contributed by atoms with van der Waals surface area (Å²) in [4.78, 5) is 0.